The van der Waals surface area contributed by atoms with Gasteiger partial charge in [0.2, 0.25) is 0 Å². The Bertz CT molecular complexity index is 591. The molecule has 1 aromatic heterocycles. The molecule has 0 fully saturated rings. The molecule has 0 spiro atoms. The van der Waals surface area contributed by atoms with Gasteiger partial charge < -0.3 is 10.4 Å². The van der Waals surface area contributed by atoms with Crippen LogP contribution < -0.4 is 5.32 Å². The molecule has 1 heterocycles. The first-order chi connectivity index (χ1) is 10.1. The van der Waals surface area contributed by atoms with Gasteiger partial charge >= 0.3 is 5.97 Å². The van der Waals surface area contributed by atoms with E-state index in [2.05, 4.69) is 29.5 Å². The van der Waals surface area contributed by atoms with Crippen molar-refractivity contribution < 1.29 is 9.90 Å². The number of nitrogens with zero attached hydrogens (tertiary/aromatic N) is 1. The Labute approximate surface area is 128 Å². The number of benzene rings is 1. The minimum atomic E-state index is -0.890. The molecule has 0 aliphatic carbocycles. The van der Waals surface area contributed by atoms with Crippen LogP contribution >= 0.6 is 11.3 Å². The fraction of sp³-hybridized carbons (Fsp3) is 0.375. The molecule has 2 rings (SSSR count). The highest BCUT2D eigenvalue weighted by molar-refractivity contribution is 7.09. The van der Waals surface area contributed by atoms with Crippen molar-refractivity contribution in [3.63, 3.8) is 0 Å². The highest BCUT2D eigenvalue weighted by Crippen LogP contribution is 2.19. The Balaban J connectivity index is 1.75. The van der Waals surface area contributed by atoms with Gasteiger partial charge in [0.05, 0.1) is 16.3 Å². The van der Waals surface area contributed by atoms with Crippen LogP contribution in [0.15, 0.2) is 29.6 Å². The summed E-state index contributed by atoms with van der Waals surface area (Å²) in [6.07, 6.45) is 0.913. The SMILES string of the molecule is CC(C)c1nc(CCNCc2ccc(C(=O)O)cc2)cs1. The summed E-state index contributed by atoms with van der Waals surface area (Å²) in [6.45, 7) is 5.91. The fourth-order valence-corrected chi connectivity index (χ4v) is 2.79. The fourth-order valence-electron chi connectivity index (χ4n) is 1.92. The van der Waals surface area contributed by atoms with Crippen molar-refractivity contribution in [1.82, 2.24) is 10.3 Å². The summed E-state index contributed by atoms with van der Waals surface area (Å²) in [5.41, 5.74) is 2.54. The zero-order chi connectivity index (χ0) is 15.2. The Hall–Kier alpha value is -1.72. The van der Waals surface area contributed by atoms with Gasteiger partial charge in [0, 0.05) is 30.8 Å². The van der Waals surface area contributed by atoms with Crippen LogP contribution in [0.2, 0.25) is 0 Å². The molecule has 0 radical (unpaired) electrons. The molecule has 4 nitrogen and oxygen atoms in total. The number of aromatic nitrogens is 1. The summed E-state index contributed by atoms with van der Waals surface area (Å²) in [7, 11) is 0. The van der Waals surface area contributed by atoms with Crippen molar-refractivity contribution in [1.29, 1.82) is 0 Å². The number of nitrogens with one attached hydrogen (secondary N) is 1. The van der Waals surface area contributed by atoms with E-state index in [1.54, 1.807) is 23.5 Å². The van der Waals surface area contributed by atoms with Crippen molar-refractivity contribution in [3.8, 4) is 0 Å². The van der Waals surface area contributed by atoms with Gasteiger partial charge in [-0.2, -0.15) is 0 Å². The van der Waals surface area contributed by atoms with Crippen LogP contribution in [-0.4, -0.2) is 22.6 Å². The molecule has 0 aliphatic heterocycles. The predicted molar refractivity (Wildman–Crippen MR) is 85.0 cm³/mol. The lowest BCUT2D eigenvalue weighted by atomic mass is 10.1. The predicted octanol–water partition coefficient (Wildman–Crippen LogP) is 3.30. The van der Waals surface area contributed by atoms with Crippen molar-refractivity contribution in [2.45, 2.75) is 32.7 Å². The highest BCUT2D eigenvalue weighted by Gasteiger charge is 2.05. The van der Waals surface area contributed by atoms with Crippen LogP contribution in [0, 0.1) is 0 Å². The Morgan fingerprint density at radius 1 is 1.33 bits per heavy atom. The maximum Gasteiger partial charge on any atom is 0.335 e. The summed E-state index contributed by atoms with van der Waals surface area (Å²) in [6, 6.07) is 6.95. The van der Waals surface area contributed by atoms with Crippen LogP contribution in [0.5, 0.6) is 0 Å². The van der Waals surface area contributed by atoms with E-state index in [1.165, 1.54) is 5.01 Å². The number of hydrogen-bond acceptors (Lipinski definition) is 4. The number of carboxylic acid groups (broad SMARTS) is 1. The van der Waals surface area contributed by atoms with Crippen molar-refractivity contribution in [2.24, 2.45) is 0 Å². The first kappa shape index (κ1) is 15.7. The van der Waals surface area contributed by atoms with E-state index in [-0.39, 0.29) is 0 Å². The Morgan fingerprint density at radius 3 is 2.62 bits per heavy atom. The molecule has 0 atom stereocenters. The van der Waals surface area contributed by atoms with Gasteiger partial charge in [0.25, 0.3) is 0 Å². The van der Waals surface area contributed by atoms with Gasteiger partial charge in [-0.05, 0) is 17.7 Å². The molecule has 0 bridgehead atoms. The van der Waals surface area contributed by atoms with Crippen LogP contribution in [0.25, 0.3) is 0 Å². The van der Waals surface area contributed by atoms with E-state index >= 15 is 0 Å². The number of carbonyl (C=O) groups is 1. The second kappa shape index (κ2) is 7.33. The lowest BCUT2D eigenvalue weighted by Gasteiger charge is -2.04. The van der Waals surface area contributed by atoms with Gasteiger partial charge in [-0.3, -0.25) is 0 Å². The molecule has 21 heavy (non-hydrogen) atoms. The average Bonchev–Trinajstić information content (AvgIpc) is 2.93. The molecule has 0 saturated heterocycles. The molecule has 1 aromatic carbocycles. The third kappa shape index (κ3) is 4.65. The second-order valence-corrected chi connectivity index (χ2v) is 6.15. The molecule has 2 N–H and O–H groups in total. The largest absolute Gasteiger partial charge is 0.478 e. The number of rotatable bonds is 7. The van der Waals surface area contributed by atoms with E-state index in [9.17, 15) is 4.79 Å². The monoisotopic (exact) mass is 304 g/mol. The molecule has 0 amide bonds. The summed E-state index contributed by atoms with van der Waals surface area (Å²) in [5.74, 6) is -0.400. The zero-order valence-electron chi connectivity index (χ0n) is 12.3. The summed E-state index contributed by atoms with van der Waals surface area (Å²) in [5, 5.41) is 15.5. The quantitative estimate of drug-likeness (QED) is 0.771. The third-order valence-electron chi connectivity index (χ3n) is 3.15. The number of thiazole rings is 1. The minimum absolute atomic E-state index is 0.322. The number of carboxylic acids is 1. The normalized spacial score (nSPS) is 11.0. The van der Waals surface area contributed by atoms with Gasteiger partial charge in [0.15, 0.2) is 0 Å². The van der Waals surface area contributed by atoms with Crippen LogP contribution in [0.1, 0.15) is 46.4 Å². The molecule has 0 saturated carbocycles. The average molecular weight is 304 g/mol. The van der Waals surface area contributed by atoms with Crippen molar-refractivity contribution >= 4 is 17.3 Å². The maximum atomic E-state index is 10.8. The van der Waals surface area contributed by atoms with E-state index in [0.29, 0.717) is 11.5 Å². The standard InChI is InChI=1S/C16H20N2O2S/c1-11(2)15-18-14(10-21-15)7-8-17-9-12-3-5-13(6-4-12)16(19)20/h3-6,10-11,17H,7-9H2,1-2H3,(H,19,20). The topological polar surface area (TPSA) is 62.2 Å². The lowest BCUT2D eigenvalue weighted by Crippen LogP contribution is -2.16. The molecule has 112 valence electrons. The molecule has 5 heteroatoms. The smallest absolute Gasteiger partial charge is 0.335 e. The molecular formula is C16H20N2O2S. The van der Waals surface area contributed by atoms with E-state index < -0.39 is 5.97 Å². The number of hydrogen-bond donors (Lipinski definition) is 2. The molecular weight excluding hydrogens is 284 g/mol. The lowest BCUT2D eigenvalue weighted by molar-refractivity contribution is 0.0697. The summed E-state index contributed by atoms with van der Waals surface area (Å²) in [4.78, 5) is 15.4. The van der Waals surface area contributed by atoms with Crippen LogP contribution in [-0.2, 0) is 13.0 Å². The summed E-state index contributed by atoms with van der Waals surface area (Å²) < 4.78 is 0. The van der Waals surface area contributed by atoms with Crippen LogP contribution in [0.3, 0.4) is 0 Å². The zero-order valence-corrected chi connectivity index (χ0v) is 13.1. The van der Waals surface area contributed by atoms with E-state index in [1.807, 2.05) is 12.1 Å². The third-order valence-corrected chi connectivity index (χ3v) is 4.35. The van der Waals surface area contributed by atoms with E-state index in [4.69, 9.17) is 5.11 Å². The van der Waals surface area contributed by atoms with Gasteiger partial charge in [0.1, 0.15) is 0 Å². The first-order valence-electron chi connectivity index (χ1n) is 7.03. The molecule has 0 unspecified atom stereocenters. The maximum absolute atomic E-state index is 10.8. The molecule has 0 aliphatic rings. The van der Waals surface area contributed by atoms with Crippen LogP contribution in [0.4, 0.5) is 0 Å². The van der Waals surface area contributed by atoms with Crippen molar-refractivity contribution in [2.75, 3.05) is 6.54 Å². The molecule has 2 aromatic rings. The Morgan fingerprint density at radius 2 is 2.05 bits per heavy atom. The Kier molecular flexibility index (Phi) is 5.47. The van der Waals surface area contributed by atoms with E-state index in [0.717, 1.165) is 30.8 Å². The van der Waals surface area contributed by atoms with Gasteiger partial charge in [-0.1, -0.05) is 26.0 Å². The minimum Gasteiger partial charge on any atom is -0.478 e. The van der Waals surface area contributed by atoms with Crippen molar-refractivity contribution in [3.05, 3.63) is 51.5 Å². The first-order valence-corrected chi connectivity index (χ1v) is 7.91. The highest BCUT2D eigenvalue weighted by atomic mass is 32.1. The van der Waals surface area contributed by atoms with Gasteiger partial charge in [-0.15, -0.1) is 11.3 Å². The van der Waals surface area contributed by atoms with Gasteiger partial charge in [-0.25, -0.2) is 9.78 Å². The second-order valence-electron chi connectivity index (χ2n) is 5.26. The summed E-state index contributed by atoms with van der Waals surface area (Å²) >= 11 is 1.72. The number of aromatic carboxylic acids is 1.